The smallest absolute Gasteiger partial charge is 0.257 e. The molecule has 0 aliphatic carbocycles. The van der Waals surface area contributed by atoms with E-state index in [1.807, 2.05) is 28.0 Å². The van der Waals surface area contributed by atoms with Crippen molar-refractivity contribution in [3.63, 3.8) is 0 Å². The SMILES string of the molecule is Cc1occc1C(=O)N1C[C@H]2CC[C@@H](C1)N(Cc1ccccn1)C2=O. The number of aryl methyl sites for hydroxylation is 1. The third-order valence-corrected chi connectivity index (χ3v) is 5.23. The summed E-state index contributed by atoms with van der Waals surface area (Å²) >= 11 is 0. The van der Waals surface area contributed by atoms with Gasteiger partial charge in [0.1, 0.15) is 5.76 Å². The summed E-state index contributed by atoms with van der Waals surface area (Å²) in [4.78, 5) is 33.8. The molecular formula is C19H21N3O3. The zero-order chi connectivity index (χ0) is 17.4. The van der Waals surface area contributed by atoms with Crippen LogP contribution < -0.4 is 0 Å². The molecule has 5 rings (SSSR count). The molecule has 2 aromatic heterocycles. The first-order chi connectivity index (χ1) is 12.1. The van der Waals surface area contributed by atoms with Crippen LogP contribution >= 0.6 is 0 Å². The molecule has 0 unspecified atom stereocenters. The molecule has 3 aliphatic heterocycles. The van der Waals surface area contributed by atoms with E-state index in [2.05, 4.69) is 4.98 Å². The van der Waals surface area contributed by atoms with Gasteiger partial charge in [-0.15, -0.1) is 0 Å². The van der Waals surface area contributed by atoms with Crippen LogP contribution in [0.4, 0.5) is 0 Å². The molecule has 6 heteroatoms. The van der Waals surface area contributed by atoms with Crippen LogP contribution in [0.5, 0.6) is 0 Å². The first-order valence-electron chi connectivity index (χ1n) is 8.67. The van der Waals surface area contributed by atoms with Crippen molar-refractivity contribution in [1.82, 2.24) is 14.8 Å². The van der Waals surface area contributed by atoms with Gasteiger partial charge in [0, 0.05) is 25.3 Å². The summed E-state index contributed by atoms with van der Waals surface area (Å²) in [6.45, 7) is 3.35. The Kier molecular flexibility index (Phi) is 4.03. The third kappa shape index (κ3) is 2.92. The van der Waals surface area contributed by atoms with E-state index >= 15 is 0 Å². The van der Waals surface area contributed by atoms with Gasteiger partial charge < -0.3 is 14.2 Å². The lowest BCUT2D eigenvalue weighted by atomic mass is 9.94. The van der Waals surface area contributed by atoms with Gasteiger partial charge in [-0.05, 0) is 38.0 Å². The average Bonchev–Trinajstić information content (AvgIpc) is 2.87. The minimum Gasteiger partial charge on any atom is -0.469 e. The van der Waals surface area contributed by atoms with E-state index in [-0.39, 0.29) is 23.8 Å². The topological polar surface area (TPSA) is 66.7 Å². The van der Waals surface area contributed by atoms with Gasteiger partial charge in [0.2, 0.25) is 5.91 Å². The molecule has 0 radical (unpaired) electrons. The first kappa shape index (κ1) is 15.9. The number of carbonyl (C=O) groups excluding carboxylic acids is 2. The molecule has 5 heterocycles. The van der Waals surface area contributed by atoms with E-state index in [4.69, 9.17) is 4.42 Å². The molecule has 2 amide bonds. The van der Waals surface area contributed by atoms with Crippen LogP contribution in [0.15, 0.2) is 41.1 Å². The minimum absolute atomic E-state index is 0.0457. The van der Waals surface area contributed by atoms with Gasteiger partial charge >= 0.3 is 0 Å². The van der Waals surface area contributed by atoms with Gasteiger partial charge in [0.25, 0.3) is 5.91 Å². The number of fused-ring (bicyclic) bond motifs is 4. The van der Waals surface area contributed by atoms with Crippen LogP contribution in [0.3, 0.4) is 0 Å². The normalized spacial score (nSPS) is 23.0. The van der Waals surface area contributed by atoms with Gasteiger partial charge in [0.05, 0.1) is 30.0 Å². The maximum absolute atomic E-state index is 12.9. The molecular weight excluding hydrogens is 318 g/mol. The number of pyridine rings is 1. The molecule has 3 fully saturated rings. The van der Waals surface area contributed by atoms with Gasteiger partial charge in [-0.3, -0.25) is 14.6 Å². The number of amides is 2. The van der Waals surface area contributed by atoms with Crippen molar-refractivity contribution >= 4 is 11.8 Å². The summed E-state index contributed by atoms with van der Waals surface area (Å²) in [5.74, 6) is 0.591. The predicted octanol–water partition coefficient (Wildman–Crippen LogP) is 2.25. The standard InChI is InChI=1S/C19H21N3O3/c1-13-17(7-9-25-13)19(24)21-10-14-5-6-16(12-21)22(18(14)23)11-15-4-2-3-8-20-15/h2-4,7-9,14,16H,5-6,10-12H2,1H3/t14-,16+/m1/s1. The summed E-state index contributed by atoms with van der Waals surface area (Å²) in [5, 5.41) is 0. The molecule has 2 bridgehead atoms. The van der Waals surface area contributed by atoms with Gasteiger partial charge in [-0.2, -0.15) is 0 Å². The number of hydrogen-bond donors (Lipinski definition) is 0. The molecule has 0 N–H and O–H groups in total. The first-order valence-corrected chi connectivity index (χ1v) is 8.67. The lowest BCUT2D eigenvalue weighted by Crippen LogP contribution is -2.47. The Morgan fingerprint density at radius 2 is 2.16 bits per heavy atom. The third-order valence-electron chi connectivity index (χ3n) is 5.23. The maximum Gasteiger partial charge on any atom is 0.257 e. The van der Waals surface area contributed by atoms with Crippen molar-refractivity contribution in [2.45, 2.75) is 32.4 Å². The highest BCUT2D eigenvalue weighted by atomic mass is 16.3. The van der Waals surface area contributed by atoms with E-state index in [0.29, 0.717) is 31.0 Å². The van der Waals surface area contributed by atoms with E-state index < -0.39 is 0 Å². The molecule has 130 valence electrons. The highest BCUT2D eigenvalue weighted by molar-refractivity contribution is 5.95. The lowest BCUT2D eigenvalue weighted by Gasteiger charge is -2.35. The zero-order valence-electron chi connectivity index (χ0n) is 14.2. The largest absolute Gasteiger partial charge is 0.469 e. The monoisotopic (exact) mass is 339 g/mol. The second-order valence-corrected chi connectivity index (χ2v) is 6.82. The molecule has 0 saturated carbocycles. The van der Waals surface area contributed by atoms with Crippen molar-refractivity contribution < 1.29 is 14.0 Å². The Morgan fingerprint density at radius 3 is 2.88 bits per heavy atom. The lowest BCUT2D eigenvalue weighted by molar-refractivity contribution is -0.140. The fourth-order valence-electron chi connectivity index (χ4n) is 3.86. The summed E-state index contributed by atoms with van der Waals surface area (Å²) in [5.41, 5.74) is 1.47. The van der Waals surface area contributed by atoms with Crippen molar-refractivity contribution in [1.29, 1.82) is 0 Å². The molecule has 2 aromatic rings. The summed E-state index contributed by atoms with van der Waals surface area (Å²) in [7, 11) is 0. The van der Waals surface area contributed by atoms with Crippen LogP contribution in [-0.4, -0.2) is 45.7 Å². The predicted molar refractivity (Wildman–Crippen MR) is 90.6 cm³/mol. The highest BCUT2D eigenvalue weighted by Crippen LogP contribution is 2.31. The molecule has 0 spiro atoms. The second kappa shape index (κ2) is 6.35. The van der Waals surface area contributed by atoms with Crippen molar-refractivity contribution in [3.8, 4) is 0 Å². The fourth-order valence-corrected chi connectivity index (χ4v) is 3.86. The van der Waals surface area contributed by atoms with Crippen LogP contribution in [0, 0.1) is 12.8 Å². The van der Waals surface area contributed by atoms with E-state index in [1.165, 1.54) is 6.26 Å². The van der Waals surface area contributed by atoms with Crippen LogP contribution in [-0.2, 0) is 11.3 Å². The number of rotatable bonds is 3. The summed E-state index contributed by atoms with van der Waals surface area (Å²) in [6.07, 6.45) is 5.05. The minimum atomic E-state index is -0.126. The van der Waals surface area contributed by atoms with Crippen molar-refractivity contribution in [3.05, 3.63) is 53.7 Å². The number of nitrogens with zero attached hydrogens (tertiary/aromatic N) is 3. The van der Waals surface area contributed by atoms with Gasteiger partial charge in [-0.1, -0.05) is 6.07 Å². The van der Waals surface area contributed by atoms with Crippen LogP contribution in [0.1, 0.15) is 34.7 Å². The zero-order valence-corrected chi connectivity index (χ0v) is 14.2. The average molecular weight is 339 g/mol. The maximum atomic E-state index is 12.9. The van der Waals surface area contributed by atoms with Crippen LogP contribution in [0.25, 0.3) is 0 Å². The van der Waals surface area contributed by atoms with E-state index in [0.717, 1.165) is 18.5 Å². The van der Waals surface area contributed by atoms with Gasteiger partial charge in [-0.25, -0.2) is 0 Å². The summed E-state index contributed by atoms with van der Waals surface area (Å²) < 4.78 is 5.27. The fraction of sp³-hybridized carbons (Fsp3) is 0.421. The van der Waals surface area contributed by atoms with E-state index in [1.54, 1.807) is 19.2 Å². The van der Waals surface area contributed by atoms with Crippen LogP contribution in [0.2, 0.25) is 0 Å². The Bertz CT molecular complexity index is 786. The quantitative estimate of drug-likeness (QED) is 0.860. The molecule has 0 aromatic carbocycles. The van der Waals surface area contributed by atoms with Crippen molar-refractivity contribution in [2.75, 3.05) is 13.1 Å². The summed E-state index contributed by atoms with van der Waals surface area (Å²) in [6, 6.07) is 7.49. The number of piperidine rings is 1. The van der Waals surface area contributed by atoms with Crippen molar-refractivity contribution in [2.24, 2.45) is 5.92 Å². The Labute approximate surface area is 146 Å². The molecule has 25 heavy (non-hydrogen) atoms. The highest BCUT2D eigenvalue weighted by Gasteiger charge is 2.42. The number of furan rings is 1. The number of hydrogen-bond acceptors (Lipinski definition) is 4. The Morgan fingerprint density at radius 1 is 1.28 bits per heavy atom. The Hall–Kier alpha value is -2.63. The number of aromatic nitrogens is 1. The number of carbonyl (C=O) groups is 2. The molecule has 6 nitrogen and oxygen atoms in total. The molecule has 2 atom stereocenters. The molecule has 3 aliphatic rings. The Balaban J connectivity index is 1.56. The van der Waals surface area contributed by atoms with Gasteiger partial charge in [0.15, 0.2) is 0 Å². The molecule has 3 saturated heterocycles. The van der Waals surface area contributed by atoms with E-state index in [9.17, 15) is 9.59 Å². The second-order valence-electron chi connectivity index (χ2n) is 6.82.